The molecule has 0 aromatic heterocycles. The highest BCUT2D eigenvalue weighted by molar-refractivity contribution is 6.10. The normalized spacial score (nSPS) is 21.4. The molecular formula is C18H19N3O3. The third-order valence-electron chi connectivity index (χ3n) is 4.38. The number of amides is 3. The second-order valence-electron chi connectivity index (χ2n) is 5.88. The van der Waals surface area contributed by atoms with E-state index in [1.165, 1.54) is 0 Å². The van der Waals surface area contributed by atoms with Crippen LogP contribution in [0.4, 0.5) is 0 Å². The van der Waals surface area contributed by atoms with Crippen LogP contribution in [0.3, 0.4) is 0 Å². The number of imide groups is 1. The minimum Gasteiger partial charge on any atom is -0.322 e. The molecule has 1 N–H and O–H groups in total. The molecule has 0 aliphatic carbocycles. The summed E-state index contributed by atoms with van der Waals surface area (Å²) in [6, 6.07) is 5.02. The van der Waals surface area contributed by atoms with E-state index in [1.54, 1.807) is 18.0 Å². The van der Waals surface area contributed by atoms with E-state index < -0.39 is 11.9 Å². The van der Waals surface area contributed by atoms with Gasteiger partial charge < -0.3 is 4.90 Å². The van der Waals surface area contributed by atoms with Crippen LogP contribution in [-0.2, 0) is 16.1 Å². The molecule has 1 unspecified atom stereocenters. The number of carbonyl (C=O) groups is 3. The maximum atomic E-state index is 12.6. The first-order valence-electron chi connectivity index (χ1n) is 7.92. The van der Waals surface area contributed by atoms with Gasteiger partial charge in [0.25, 0.3) is 5.91 Å². The van der Waals surface area contributed by atoms with Crippen LogP contribution in [0, 0.1) is 0 Å². The lowest BCUT2D eigenvalue weighted by Gasteiger charge is -2.29. The molecule has 0 bridgehead atoms. The molecule has 1 aromatic carbocycles. The lowest BCUT2D eigenvalue weighted by Crippen LogP contribution is -2.52. The molecule has 1 atom stereocenters. The Balaban J connectivity index is 1.88. The van der Waals surface area contributed by atoms with Crippen LogP contribution in [0.1, 0.15) is 41.3 Å². The molecule has 6 nitrogen and oxygen atoms in total. The first-order chi connectivity index (χ1) is 11.5. The van der Waals surface area contributed by atoms with Gasteiger partial charge in [-0.1, -0.05) is 12.1 Å². The Labute approximate surface area is 140 Å². The van der Waals surface area contributed by atoms with Gasteiger partial charge in [-0.2, -0.15) is 0 Å². The number of nitrogens with one attached hydrogen (secondary N) is 1. The molecule has 6 heteroatoms. The fourth-order valence-electron chi connectivity index (χ4n) is 3.19. The molecule has 3 rings (SSSR count). The predicted octanol–water partition coefficient (Wildman–Crippen LogP) is 1.44. The quantitative estimate of drug-likeness (QED) is 0.675. The topological polar surface area (TPSA) is 78.8 Å². The van der Waals surface area contributed by atoms with E-state index in [4.69, 9.17) is 0 Å². The van der Waals surface area contributed by atoms with E-state index in [2.05, 4.69) is 10.3 Å². The van der Waals surface area contributed by atoms with Crippen molar-refractivity contribution >= 4 is 23.4 Å². The number of carbonyl (C=O) groups excluding carboxylic acids is 3. The highest BCUT2D eigenvalue weighted by atomic mass is 16.2. The van der Waals surface area contributed by atoms with Crippen molar-refractivity contribution in [3.8, 4) is 0 Å². The molecule has 1 aromatic rings. The van der Waals surface area contributed by atoms with E-state index in [9.17, 15) is 14.4 Å². The van der Waals surface area contributed by atoms with E-state index >= 15 is 0 Å². The van der Waals surface area contributed by atoms with Crippen LogP contribution in [0.15, 0.2) is 35.3 Å². The molecular weight excluding hydrogens is 306 g/mol. The van der Waals surface area contributed by atoms with Gasteiger partial charge in [0.1, 0.15) is 6.04 Å². The van der Waals surface area contributed by atoms with Crippen molar-refractivity contribution in [3.63, 3.8) is 0 Å². The van der Waals surface area contributed by atoms with Crippen LogP contribution >= 0.6 is 0 Å². The van der Waals surface area contributed by atoms with Crippen molar-refractivity contribution in [2.24, 2.45) is 4.99 Å². The van der Waals surface area contributed by atoms with E-state index in [1.807, 2.05) is 31.2 Å². The Morgan fingerprint density at radius 3 is 2.79 bits per heavy atom. The van der Waals surface area contributed by atoms with Crippen LogP contribution in [0.5, 0.6) is 0 Å². The highest BCUT2D eigenvalue weighted by Crippen LogP contribution is 2.28. The van der Waals surface area contributed by atoms with Crippen molar-refractivity contribution in [3.05, 3.63) is 47.0 Å². The van der Waals surface area contributed by atoms with Crippen molar-refractivity contribution < 1.29 is 14.4 Å². The fraction of sp³-hybridized carbons (Fsp3) is 0.333. The predicted molar refractivity (Wildman–Crippen MR) is 89.8 cm³/mol. The van der Waals surface area contributed by atoms with Gasteiger partial charge >= 0.3 is 0 Å². The summed E-state index contributed by atoms with van der Waals surface area (Å²) in [6.45, 7) is 2.30. The largest absolute Gasteiger partial charge is 0.322 e. The Morgan fingerprint density at radius 1 is 1.33 bits per heavy atom. The molecule has 2 heterocycles. The highest BCUT2D eigenvalue weighted by Gasteiger charge is 2.39. The lowest BCUT2D eigenvalue weighted by atomic mass is 10.0. The molecule has 1 fully saturated rings. The SMILES string of the molecule is C/C=C\C(=NC)c1ccc2c(c1)CN(C1CCC(=O)NC1=O)C2=O. The number of piperidine rings is 1. The summed E-state index contributed by atoms with van der Waals surface area (Å²) in [6.07, 6.45) is 4.46. The number of aliphatic imine (C=N–C) groups is 1. The number of fused-ring (bicyclic) bond motifs is 1. The van der Waals surface area contributed by atoms with Crippen molar-refractivity contribution in [1.82, 2.24) is 10.2 Å². The molecule has 1 saturated heterocycles. The fourth-order valence-corrected chi connectivity index (χ4v) is 3.19. The minimum atomic E-state index is -0.582. The standard InChI is InChI=1S/C18H19N3O3/c1-3-4-14(19-2)11-5-6-13-12(9-11)10-21(18(13)24)15-7-8-16(22)20-17(15)23/h3-6,9,15H,7-8,10H2,1-2H3,(H,20,22,23)/b4-3-,19-14?. The Kier molecular flexibility index (Phi) is 4.29. The summed E-state index contributed by atoms with van der Waals surface area (Å²) >= 11 is 0. The average molecular weight is 325 g/mol. The van der Waals surface area contributed by atoms with Crippen LogP contribution in [-0.4, -0.2) is 41.4 Å². The van der Waals surface area contributed by atoms with Crippen molar-refractivity contribution in [2.75, 3.05) is 7.05 Å². The molecule has 3 amide bonds. The number of hydrogen-bond donors (Lipinski definition) is 1. The molecule has 124 valence electrons. The number of nitrogens with zero attached hydrogens (tertiary/aromatic N) is 2. The Hall–Kier alpha value is -2.76. The number of allylic oxidation sites excluding steroid dienone is 2. The molecule has 0 radical (unpaired) electrons. The van der Waals surface area contributed by atoms with E-state index in [-0.39, 0.29) is 18.2 Å². The lowest BCUT2D eigenvalue weighted by molar-refractivity contribution is -0.136. The van der Waals surface area contributed by atoms with E-state index in [0.717, 1.165) is 16.8 Å². The smallest absolute Gasteiger partial charge is 0.255 e. The van der Waals surface area contributed by atoms with Crippen LogP contribution in [0.2, 0.25) is 0 Å². The first-order valence-corrected chi connectivity index (χ1v) is 7.92. The minimum absolute atomic E-state index is 0.160. The summed E-state index contributed by atoms with van der Waals surface area (Å²) in [5.41, 5.74) is 3.27. The molecule has 2 aliphatic heterocycles. The monoisotopic (exact) mass is 325 g/mol. The molecule has 0 spiro atoms. The zero-order valence-corrected chi connectivity index (χ0v) is 13.7. The second-order valence-corrected chi connectivity index (χ2v) is 5.88. The number of benzene rings is 1. The van der Waals surface area contributed by atoms with Crippen LogP contribution in [0.25, 0.3) is 0 Å². The Morgan fingerprint density at radius 2 is 2.12 bits per heavy atom. The second kappa shape index (κ2) is 6.39. The summed E-state index contributed by atoms with van der Waals surface area (Å²) in [5, 5.41) is 2.31. The molecule has 2 aliphatic rings. The summed E-state index contributed by atoms with van der Waals surface area (Å²) in [7, 11) is 1.73. The Bertz CT molecular complexity index is 780. The molecule has 24 heavy (non-hydrogen) atoms. The van der Waals surface area contributed by atoms with Gasteiger partial charge in [0.05, 0.1) is 5.71 Å². The first kappa shape index (κ1) is 16.1. The van der Waals surface area contributed by atoms with Gasteiger partial charge in [-0.15, -0.1) is 0 Å². The van der Waals surface area contributed by atoms with E-state index in [0.29, 0.717) is 18.5 Å². The zero-order valence-electron chi connectivity index (χ0n) is 13.7. The van der Waals surface area contributed by atoms with Crippen LogP contribution < -0.4 is 5.32 Å². The van der Waals surface area contributed by atoms with Gasteiger partial charge in [0, 0.05) is 31.1 Å². The number of rotatable bonds is 3. The summed E-state index contributed by atoms with van der Waals surface area (Å²) in [5.74, 6) is -0.831. The summed E-state index contributed by atoms with van der Waals surface area (Å²) in [4.78, 5) is 41.8. The van der Waals surface area contributed by atoms with Gasteiger partial charge in [0.2, 0.25) is 11.8 Å². The third-order valence-corrected chi connectivity index (χ3v) is 4.38. The zero-order chi connectivity index (χ0) is 17.3. The van der Waals surface area contributed by atoms with Crippen molar-refractivity contribution in [2.45, 2.75) is 32.4 Å². The van der Waals surface area contributed by atoms with Gasteiger partial charge in [-0.05, 0) is 37.1 Å². The van der Waals surface area contributed by atoms with Gasteiger partial charge in [-0.3, -0.25) is 24.7 Å². The van der Waals surface area contributed by atoms with Crippen molar-refractivity contribution in [1.29, 1.82) is 0 Å². The maximum Gasteiger partial charge on any atom is 0.255 e. The summed E-state index contributed by atoms with van der Waals surface area (Å²) < 4.78 is 0. The number of hydrogen-bond acceptors (Lipinski definition) is 4. The van der Waals surface area contributed by atoms with Gasteiger partial charge in [0.15, 0.2) is 0 Å². The third kappa shape index (κ3) is 2.75. The maximum absolute atomic E-state index is 12.6. The molecule has 0 saturated carbocycles. The average Bonchev–Trinajstić information content (AvgIpc) is 2.89. The van der Waals surface area contributed by atoms with Gasteiger partial charge in [-0.25, -0.2) is 0 Å².